The van der Waals surface area contributed by atoms with Gasteiger partial charge in [0.25, 0.3) is 0 Å². The van der Waals surface area contributed by atoms with Crippen LogP contribution in [0.3, 0.4) is 0 Å². The van der Waals surface area contributed by atoms with Gasteiger partial charge in [0.05, 0.1) is 0 Å². The van der Waals surface area contributed by atoms with E-state index in [1.54, 1.807) is 0 Å². The summed E-state index contributed by atoms with van der Waals surface area (Å²) in [4.78, 5) is 3.98. The van der Waals surface area contributed by atoms with Gasteiger partial charge in [0.15, 0.2) is 5.82 Å². The quantitative estimate of drug-likeness (QED) is 0.628. The molecule has 0 aliphatic carbocycles. The van der Waals surface area contributed by atoms with Crippen LogP contribution < -0.4 is 0 Å². The fourth-order valence-electron chi connectivity index (χ4n) is 0.627. The van der Waals surface area contributed by atoms with Gasteiger partial charge in [-0.2, -0.15) is 4.98 Å². The van der Waals surface area contributed by atoms with Crippen LogP contribution in [-0.2, 0) is 5.41 Å². The summed E-state index contributed by atoms with van der Waals surface area (Å²) < 4.78 is 4.64. The maximum absolute atomic E-state index is 4.64. The van der Waals surface area contributed by atoms with Crippen LogP contribution in [0.4, 0.5) is 0 Å². The second-order valence-corrected chi connectivity index (χ2v) is 2.99. The van der Waals surface area contributed by atoms with Crippen molar-refractivity contribution in [1.82, 2.24) is 10.1 Å². The minimum Gasteiger partial charge on any atom is -0.343 e. The molecular formula is C7H12N2O. The van der Waals surface area contributed by atoms with Crippen LogP contribution in [0.15, 0.2) is 10.9 Å². The van der Waals surface area contributed by atoms with Gasteiger partial charge in [0.2, 0.25) is 6.39 Å². The second-order valence-electron chi connectivity index (χ2n) is 2.99. The minimum absolute atomic E-state index is 0.0486. The van der Waals surface area contributed by atoms with Crippen molar-refractivity contribution in [3.63, 3.8) is 0 Å². The van der Waals surface area contributed by atoms with Crippen molar-refractivity contribution in [2.75, 3.05) is 0 Å². The highest BCUT2D eigenvalue weighted by atomic mass is 16.5. The van der Waals surface area contributed by atoms with Crippen LogP contribution in [0.1, 0.15) is 33.0 Å². The number of hydrogen-bond donors (Lipinski definition) is 0. The first kappa shape index (κ1) is 7.25. The average molecular weight is 140 g/mol. The molecular weight excluding hydrogens is 128 g/mol. The standard InChI is InChI=1S/C7H12N2O/c1-4-7(2,3)6-8-5-10-9-6/h5H,4H2,1-3H3. The predicted molar refractivity (Wildman–Crippen MR) is 37.6 cm³/mol. The Hall–Kier alpha value is -0.860. The smallest absolute Gasteiger partial charge is 0.213 e. The van der Waals surface area contributed by atoms with Gasteiger partial charge < -0.3 is 4.52 Å². The van der Waals surface area contributed by atoms with E-state index in [4.69, 9.17) is 0 Å². The van der Waals surface area contributed by atoms with Crippen LogP contribution in [0.2, 0.25) is 0 Å². The lowest BCUT2D eigenvalue weighted by Gasteiger charge is -2.16. The molecule has 1 heterocycles. The third-order valence-electron chi connectivity index (χ3n) is 1.85. The highest BCUT2D eigenvalue weighted by Gasteiger charge is 2.22. The largest absolute Gasteiger partial charge is 0.343 e. The normalized spacial score (nSPS) is 11.9. The molecule has 56 valence electrons. The van der Waals surface area contributed by atoms with E-state index in [-0.39, 0.29) is 5.41 Å². The number of aromatic nitrogens is 2. The Kier molecular flexibility index (Phi) is 1.74. The molecule has 0 aliphatic heterocycles. The molecule has 1 aromatic heterocycles. The fraction of sp³-hybridized carbons (Fsp3) is 0.714. The summed E-state index contributed by atoms with van der Waals surface area (Å²) in [5, 5.41) is 3.77. The Balaban J connectivity index is 2.85. The molecule has 0 radical (unpaired) electrons. The van der Waals surface area contributed by atoms with Crippen LogP contribution in [0.25, 0.3) is 0 Å². The van der Waals surface area contributed by atoms with Crippen molar-refractivity contribution in [2.45, 2.75) is 32.6 Å². The van der Waals surface area contributed by atoms with Crippen molar-refractivity contribution in [1.29, 1.82) is 0 Å². The van der Waals surface area contributed by atoms with E-state index in [1.807, 2.05) is 0 Å². The Morgan fingerprint density at radius 3 is 2.70 bits per heavy atom. The van der Waals surface area contributed by atoms with E-state index < -0.39 is 0 Å². The molecule has 10 heavy (non-hydrogen) atoms. The Morgan fingerprint density at radius 1 is 1.60 bits per heavy atom. The van der Waals surface area contributed by atoms with Gasteiger partial charge in [0, 0.05) is 5.41 Å². The summed E-state index contributed by atoms with van der Waals surface area (Å²) in [5.41, 5.74) is 0.0486. The highest BCUT2D eigenvalue weighted by molar-refractivity contribution is 4.98. The average Bonchev–Trinajstić information content (AvgIpc) is 2.38. The van der Waals surface area contributed by atoms with Gasteiger partial charge in [-0.3, -0.25) is 0 Å². The van der Waals surface area contributed by atoms with Crippen LogP contribution in [-0.4, -0.2) is 10.1 Å². The van der Waals surface area contributed by atoms with Crippen LogP contribution in [0.5, 0.6) is 0 Å². The van der Waals surface area contributed by atoms with Crippen molar-refractivity contribution < 1.29 is 4.52 Å². The first-order valence-electron chi connectivity index (χ1n) is 3.43. The molecule has 0 saturated heterocycles. The first-order valence-corrected chi connectivity index (χ1v) is 3.43. The zero-order valence-corrected chi connectivity index (χ0v) is 6.59. The van der Waals surface area contributed by atoms with Crippen LogP contribution >= 0.6 is 0 Å². The summed E-state index contributed by atoms with van der Waals surface area (Å²) in [6.45, 7) is 6.30. The maximum atomic E-state index is 4.64. The summed E-state index contributed by atoms with van der Waals surface area (Å²) in [5.74, 6) is 0.787. The van der Waals surface area contributed by atoms with Gasteiger partial charge in [-0.1, -0.05) is 25.9 Å². The topological polar surface area (TPSA) is 38.9 Å². The molecule has 0 aromatic carbocycles. The SMILES string of the molecule is CCC(C)(C)c1ncon1. The molecule has 0 amide bonds. The molecule has 3 nitrogen and oxygen atoms in total. The van der Waals surface area contributed by atoms with E-state index >= 15 is 0 Å². The number of rotatable bonds is 2. The van der Waals surface area contributed by atoms with Gasteiger partial charge in [-0.05, 0) is 6.42 Å². The molecule has 0 saturated carbocycles. The predicted octanol–water partition coefficient (Wildman–Crippen LogP) is 1.76. The minimum atomic E-state index is 0.0486. The van der Waals surface area contributed by atoms with E-state index in [9.17, 15) is 0 Å². The Labute approximate surface area is 60.4 Å². The van der Waals surface area contributed by atoms with E-state index in [2.05, 4.69) is 35.4 Å². The lowest BCUT2D eigenvalue weighted by atomic mass is 9.90. The molecule has 0 fully saturated rings. The van der Waals surface area contributed by atoms with Crippen molar-refractivity contribution in [3.05, 3.63) is 12.2 Å². The molecule has 1 rings (SSSR count). The molecule has 0 spiro atoms. The molecule has 3 heteroatoms. The maximum Gasteiger partial charge on any atom is 0.213 e. The van der Waals surface area contributed by atoms with Crippen molar-refractivity contribution >= 4 is 0 Å². The molecule has 0 bridgehead atoms. The molecule has 0 N–H and O–H groups in total. The lowest BCUT2D eigenvalue weighted by Crippen LogP contribution is -2.17. The van der Waals surface area contributed by atoms with E-state index in [0.29, 0.717) is 0 Å². The number of nitrogens with zero attached hydrogens (tertiary/aromatic N) is 2. The summed E-state index contributed by atoms with van der Waals surface area (Å²) >= 11 is 0. The lowest BCUT2D eigenvalue weighted by molar-refractivity contribution is 0.381. The van der Waals surface area contributed by atoms with Gasteiger partial charge >= 0.3 is 0 Å². The summed E-state index contributed by atoms with van der Waals surface area (Å²) in [6.07, 6.45) is 2.39. The summed E-state index contributed by atoms with van der Waals surface area (Å²) in [7, 11) is 0. The third-order valence-corrected chi connectivity index (χ3v) is 1.85. The molecule has 0 unspecified atom stereocenters. The fourth-order valence-corrected chi connectivity index (χ4v) is 0.627. The highest BCUT2D eigenvalue weighted by Crippen LogP contribution is 2.22. The number of hydrogen-bond acceptors (Lipinski definition) is 3. The van der Waals surface area contributed by atoms with Crippen molar-refractivity contribution in [2.24, 2.45) is 0 Å². The zero-order chi connectivity index (χ0) is 7.61. The summed E-state index contributed by atoms with van der Waals surface area (Å²) in [6, 6.07) is 0. The second kappa shape index (κ2) is 2.40. The van der Waals surface area contributed by atoms with Gasteiger partial charge in [-0.25, -0.2) is 0 Å². The third kappa shape index (κ3) is 1.17. The van der Waals surface area contributed by atoms with Gasteiger partial charge in [-0.15, -0.1) is 0 Å². The molecule has 0 aliphatic rings. The Morgan fingerprint density at radius 2 is 2.30 bits per heavy atom. The van der Waals surface area contributed by atoms with Crippen LogP contribution in [0, 0.1) is 0 Å². The van der Waals surface area contributed by atoms with Crippen molar-refractivity contribution in [3.8, 4) is 0 Å². The van der Waals surface area contributed by atoms with E-state index in [1.165, 1.54) is 6.39 Å². The van der Waals surface area contributed by atoms with E-state index in [0.717, 1.165) is 12.2 Å². The van der Waals surface area contributed by atoms with Gasteiger partial charge in [0.1, 0.15) is 0 Å². The molecule has 1 aromatic rings. The zero-order valence-electron chi connectivity index (χ0n) is 6.59. The monoisotopic (exact) mass is 140 g/mol. The first-order chi connectivity index (χ1) is 4.67. The molecule has 0 atom stereocenters. The Bertz CT molecular complexity index is 191.